The molecule has 7 nitrogen and oxygen atoms in total. The molecule has 0 aromatic carbocycles. The van der Waals surface area contributed by atoms with E-state index in [4.69, 9.17) is 0 Å². The van der Waals surface area contributed by atoms with Crippen molar-refractivity contribution in [3.8, 4) is 0 Å². The van der Waals surface area contributed by atoms with E-state index in [9.17, 15) is 8.42 Å². The SMILES string of the molecule is CNc1nc2sccn2c1S(=O)(=O)Nc1cc(C)ccn1. The molecule has 0 fully saturated rings. The summed E-state index contributed by atoms with van der Waals surface area (Å²) in [5.74, 6) is 0.587. The van der Waals surface area contributed by atoms with Crippen LogP contribution in [0.1, 0.15) is 5.56 Å². The van der Waals surface area contributed by atoms with Gasteiger partial charge in [-0.05, 0) is 24.6 Å². The second-order valence-electron chi connectivity index (χ2n) is 4.40. The summed E-state index contributed by atoms with van der Waals surface area (Å²) < 4.78 is 29.3. The Hall–Kier alpha value is -2.13. The predicted molar refractivity (Wildman–Crippen MR) is 82.4 cm³/mol. The number of anilines is 2. The average molecular weight is 323 g/mol. The number of hydrogen-bond acceptors (Lipinski definition) is 6. The quantitative estimate of drug-likeness (QED) is 0.766. The van der Waals surface area contributed by atoms with Gasteiger partial charge in [-0.1, -0.05) is 0 Å². The molecule has 3 heterocycles. The highest BCUT2D eigenvalue weighted by atomic mass is 32.2. The van der Waals surface area contributed by atoms with E-state index >= 15 is 0 Å². The molecule has 0 saturated carbocycles. The second kappa shape index (κ2) is 5.01. The summed E-state index contributed by atoms with van der Waals surface area (Å²) in [7, 11) is -2.16. The minimum atomic E-state index is -3.79. The van der Waals surface area contributed by atoms with Gasteiger partial charge in [-0.15, -0.1) is 11.3 Å². The van der Waals surface area contributed by atoms with Crippen molar-refractivity contribution in [2.75, 3.05) is 17.1 Å². The van der Waals surface area contributed by atoms with E-state index in [0.717, 1.165) is 5.56 Å². The molecule has 0 aliphatic rings. The lowest BCUT2D eigenvalue weighted by Gasteiger charge is -2.08. The zero-order valence-corrected chi connectivity index (χ0v) is 13.0. The van der Waals surface area contributed by atoms with E-state index in [1.807, 2.05) is 6.92 Å². The lowest BCUT2D eigenvalue weighted by molar-refractivity contribution is 0.597. The zero-order valence-electron chi connectivity index (χ0n) is 11.4. The van der Waals surface area contributed by atoms with Gasteiger partial charge in [-0.25, -0.2) is 9.97 Å². The van der Waals surface area contributed by atoms with Crippen molar-refractivity contribution >= 4 is 38.0 Å². The molecule has 2 N–H and O–H groups in total. The van der Waals surface area contributed by atoms with E-state index in [0.29, 0.717) is 10.8 Å². The first-order valence-corrected chi connectivity index (χ1v) is 8.46. The van der Waals surface area contributed by atoms with E-state index in [1.165, 1.54) is 15.7 Å². The Morgan fingerprint density at radius 1 is 1.38 bits per heavy atom. The van der Waals surface area contributed by atoms with Gasteiger partial charge in [0, 0.05) is 24.8 Å². The molecule has 0 aliphatic heterocycles. The van der Waals surface area contributed by atoms with Crippen LogP contribution in [0.4, 0.5) is 11.6 Å². The van der Waals surface area contributed by atoms with Crippen LogP contribution in [0.3, 0.4) is 0 Å². The molecule has 21 heavy (non-hydrogen) atoms. The number of imidazole rings is 1. The summed E-state index contributed by atoms with van der Waals surface area (Å²) in [6.07, 6.45) is 3.23. The van der Waals surface area contributed by atoms with Crippen molar-refractivity contribution < 1.29 is 8.42 Å². The van der Waals surface area contributed by atoms with Gasteiger partial charge in [-0.2, -0.15) is 8.42 Å². The van der Waals surface area contributed by atoms with Crippen LogP contribution >= 0.6 is 11.3 Å². The minimum Gasteiger partial charge on any atom is -0.371 e. The van der Waals surface area contributed by atoms with Crippen molar-refractivity contribution in [3.05, 3.63) is 35.5 Å². The smallest absolute Gasteiger partial charge is 0.282 e. The molecule has 3 rings (SSSR count). The van der Waals surface area contributed by atoms with Crippen LogP contribution in [-0.2, 0) is 10.0 Å². The highest BCUT2D eigenvalue weighted by Crippen LogP contribution is 2.26. The fraction of sp³-hybridized carbons (Fsp3) is 0.167. The van der Waals surface area contributed by atoms with Crippen LogP contribution in [0.5, 0.6) is 0 Å². The molecule has 0 bridgehead atoms. The van der Waals surface area contributed by atoms with Crippen molar-refractivity contribution in [1.82, 2.24) is 14.4 Å². The largest absolute Gasteiger partial charge is 0.371 e. The number of nitrogens with one attached hydrogen (secondary N) is 2. The fourth-order valence-electron chi connectivity index (χ4n) is 1.96. The van der Waals surface area contributed by atoms with Gasteiger partial charge in [0.25, 0.3) is 10.0 Å². The maximum absolute atomic E-state index is 12.6. The first-order chi connectivity index (χ1) is 10.0. The van der Waals surface area contributed by atoms with Crippen LogP contribution in [0.15, 0.2) is 34.9 Å². The molecule has 0 amide bonds. The van der Waals surface area contributed by atoms with E-state index in [-0.39, 0.29) is 10.8 Å². The molecule has 0 aliphatic carbocycles. The number of rotatable bonds is 4. The second-order valence-corrected chi connectivity index (χ2v) is 6.87. The van der Waals surface area contributed by atoms with Crippen LogP contribution in [-0.4, -0.2) is 29.8 Å². The monoisotopic (exact) mass is 323 g/mol. The number of thiazole rings is 1. The molecule has 110 valence electrons. The molecule has 0 saturated heterocycles. The zero-order chi connectivity index (χ0) is 15.0. The Morgan fingerprint density at radius 2 is 2.19 bits per heavy atom. The first-order valence-electron chi connectivity index (χ1n) is 6.10. The normalized spacial score (nSPS) is 11.7. The van der Waals surface area contributed by atoms with Gasteiger partial charge in [-0.3, -0.25) is 9.12 Å². The molecule has 3 aromatic rings. The molecule has 3 aromatic heterocycles. The van der Waals surface area contributed by atoms with Gasteiger partial charge >= 0.3 is 0 Å². The summed E-state index contributed by atoms with van der Waals surface area (Å²) in [6.45, 7) is 1.87. The minimum absolute atomic E-state index is 0.0737. The van der Waals surface area contributed by atoms with Crippen molar-refractivity contribution in [3.63, 3.8) is 0 Å². The van der Waals surface area contributed by atoms with Gasteiger partial charge in [0.2, 0.25) is 5.03 Å². The van der Waals surface area contributed by atoms with Crippen LogP contribution < -0.4 is 10.0 Å². The van der Waals surface area contributed by atoms with Gasteiger partial charge in [0.1, 0.15) is 5.82 Å². The number of nitrogens with zero attached hydrogens (tertiary/aromatic N) is 3. The number of sulfonamides is 1. The summed E-state index contributed by atoms with van der Waals surface area (Å²) in [6, 6.07) is 3.47. The number of aromatic nitrogens is 3. The third kappa shape index (κ3) is 2.45. The van der Waals surface area contributed by atoms with Crippen LogP contribution in [0.25, 0.3) is 4.96 Å². The molecule has 0 spiro atoms. The number of hydrogen-bond donors (Lipinski definition) is 2. The van der Waals surface area contributed by atoms with Crippen LogP contribution in [0, 0.1) is 6.92 Å². The van der Waals surface area contributed by atoms with Gasteiger partial charge in [0.15, 0.2) is 10.8 Å². The highest BCUT2D eigenvalue weighted by Gasteiger charge is 2.26. The fourth-order valence-corrected chi connectivity index (χ4v) is 4.03. The summed E-state index contributed by atoms with van der Waals surface area (Å²) in [4.78, 5) is 8.88. The topological polar surface area (TPSA) is 88.4 Å². The number of fused-ring (bicyclic) bond motifs is 1. The Labute approximate surface area is 125 Å². The lowest BCUT2D eigenvalue weighted by Crippen LogP contribution is -2.17. The maximum Gasteiger partial charge on any atom is 0.282 e. The van der Waals surface area contributed by atoms with Crippen molar-refractivity contribution in [2.24, 2.45) is 0 Å². The third-order valence-electron chi connectivity index (χ3n) is 2.86. The number of pyridine rings is 1. The Morgan fingerprint density at radius 3 is 2.90 bits per heavy atom. The Balaban J connectivity index is 2.09. The summed E-state index contributed by atoms with van der Waals surface area (Å²) >= 11 is 1.37. The molecular formula is C12H13N5O2S2. The Kier molecular flexibility index (Phi) is 3.30. The maximum atomic E-state index is 12.6. The third-order valence-corrected chi connectivity index (χ3v) is 5.00. The predicted octanol–water partition coefficient (Wildman–Crippen LogP) is 1.94. The van der Waals surface area contributed by atoms with Gasteiger partial charge < -0.3 is 5.32 Å². The molecule has 0 unspecified atom stereocenters. The highest BCUT2D eigenvalue weighted by molar-refractivity contribution is 7.92. The number of aryl methyl sites for hydroxylation is 1. The summed E-state index contributed by atoms with van der Waals surface area (Å²) in [5, 5.41) is 4.67. The van der Waals surface area contributed by atoms with Crippen molar-refractivity contribution in [1.29, 1.82) is 0 Å². The summed E-state index contributed by atoms with van der Waals surface area (Å²) in [5.41, 5.74) is 0.922. The van der Waals surface area contributed by atoms with E-state index < -0.39 is 10.0 Å². The molecule has 0 atom stereocenters. The average Bonchev–Trinajstić information content (AvgIpc) is 2.96. The van der Waals surface area contributed by atoms with E-state index in [2.05, 4.69) is 20.0 Å². The molecular weight excluding hydrogens is 310 g/mol. The van der Waals surface area contributed by atoms with Gasteiger partial charge in [0.05, 0.1) is 0 Å². The Bertz CT molecular complexity index is 897. The first kappa shape index (κ1) is 13.8. The standard InChI is InChI=1S/C12H13N5O2S2/c1-8-3-4-14-9(7-8)16-21(18,19)11-10(13-2)15-12-17(11)5-6-20-12/h3-7,13H,1-2H3,(H,14,16). The lowest BCUT2D eigenvalue weighted by atomic mass is 10.3. The molecule has 0 radical (unpaired) electrons. The molecule has 9 heteroatoms. The van der Waals surface area contributed by atoms with Crippen LogP contribution in [0.2, 0.25) is 0 Å². The van der Waals surface area contributed by atoms with Crippen molar-refractivity contribution in [2.45, 2.75) is 11.9 Å². The van der Waals surface area contributed by atoms with E-state index in [1.54, 1.807) is 37.0 Å².